The number of fused-ring (bicyclic) bond motifs is 2. The number of amides is 3. The number of hydrogen-bond acceptors (Lipinski definition) is 8. The number of piperidine rings is 2. The number of hydrogen-bond donors (Lipinski definition) is 3. The number of aryl methyl sites for hydroxylation is 3. The maximum absolute atomic E-state index is 13.4. The summed E-state index contributed by atoms with van der Waals surface area (Å²) >= 11 is 0. The smallest absolute Gasteiger partial charge is 0.329 e. The van der Waals surface area contributed by atoms with Crippen molar-refractivity contribution in [1.29, 1.82) is 0 Å². The maximum Gasteiger partial charge on any atom is 0.329 e. The second kappa shape index (κ2) is 15.7. The zero-order valence-corrected chi connectivity index (χ0v) is 35.4. The fourth-order valence-electron chi connectivity index (χ4n) is 11.0. The van der Waals surface area contributed by atoms with Crippen LogP contribution in [0.1, 0.15) is 124 Å². The molecule has 2 aromatic carbocycles. The molecular formula is C47H58N8O5. The molecule has 0 bridgehead atoms. The lowest BCUT2D eigenvalue weighted by Gasteiger charge is -2.53. The summed E-state index contributed by atoms with van der Waals surface area (Å²) in [6.07, 6.45) is 14.3. The molecule has 60 heavy (non-hydrogen) atoms. The van der Waals surface area contributed by atoms with Crippen molar-refractivity contribution in [2.45, 2.75) is 116 Å². The number of para-hydroxylation sites is 1. The molecule has 3 N–H and O–H groups in total. The van der Waals surface area contributed by atoms with Gasteiger partial charge in [-0.05, 0) is 158 Å². The molecule has 5 heterocycles. The molecule has 5 aromatic rings. The van der Waals surface area contributed by atoms with Gasteiger partial charge in [0.25, 0.3) is 5.91 Å². The molecule has 2 aliphatic heterocycles. The Morgan fingerprint density at radius 3 is 2.45 bits per heavy atom. The third-order valence-electron chi connectivity index (χ3n) is 14.3. The molecule has 1 unspecified atom stereocenters. The predicted molar refractivity (Wildman–Crippen MR) is 231 cm³/mol. The molecule has 3 aromatic heterocycles. The summed E-state index contributed by atoms with van der Waals surface area (Å²) in [6, 6.07) is 14.9. The lowest BCUT2D eigenvalue weighted by molar-refractivity contribution is -0.135. The first-order valence-corrected chi connectivity index (χ1v) is 22.0. The zero-order valence-electron chi connectivity index (χ0n) is 35.4. The average Bonchev–Trinajstić information content (AvgIpc) is 3.74. The van der Waals surface area contributed by atoms with E-state index in [0.29, 0.717) is 46.7 Å². The van der Waals surface area contributed by atoms with Crippen molar-refractivity contribution in [2.75, 3.05) is 25.0 Å². The van der Waals surface area contributed by atoms with E-state index in [4.69, 9.17) is 5.10 Å². The quantitative estimate of drug-likeness (QED) is 0.132. The van der Waals surface area contributed by atoms with E-state index in [1.807, 2.05) is 43.3 Å². The highest BCUT2D eigenvalue weighted by molar-refractivity contribution is 6.04. The van der Waals surface area contributed by atoms with Crippen molar-refractivity contribution in [2.24, 2.45) is 24.3 Å². The number of likely N-dealkylation sites (tertiary alicyclic amines) is 1. The third-order valence-corrected chi connectivity index (χ3v) is 14.3. The van der Waals surface area contributed by atoms with Gasteiger partial charge in [-0.15, -0.1) is 0 Å². The minimum absolute atomic E-state index is 0.209. The van der Waals surface area contributed by atoms with Crippen LogP contribution in [0.25, 0.3) is 21.9 Å². The van der Waals surface area contributed by atoms with Gasteiger partial charge in [0, 0.05) is 48.5 Å². The van der Waals surface area contributed by atoms with Crippen molar-refractivity contribution in [3.05, 3.63) is 87.7 Å². The van der Waals surface area contributed by atoms with Gasteiger partial charge >= 0.3 is 5.69 Å². The zero-order chi connectivity index (χ0) is 41.9. The number of aromatic nitrogens is 5. The number of rotatable bonds is 10. The lowest BCUT2D eigenvalue weighted by Crippen LogP contribution is -2.48. The molecule has 0 radical (unpaired) electrons. The van der Waals surface area contributed by atoms with E-state index in [1.165, 1.54) is 58.2 Å². The Bertz CT molecular complexity index is 2520. The average molecular weight is 815 g/mol. The summed E-state index contributed by atoms with van der Waals surface area (Å²) in [5.41, 5.74) is 5.00. The number of carbonyl (C=O) groups is 3. The van der Waals surface area contributed by atoms with Gasteiger partial charge in [0.1, 0.15) is 11.7 Å². The minimum Gasteiger partial charge on any atom is -0.386 e. The largest absolute Gasteiger partial charge is 0.386 e. The Morgan fingerprint density at radius 1 is 0.983 bits per heavy atom. The molecule has 13 heteroatoms. The van der Waals surface area contributed by atoms with Crippen LogP contribution in [0.5, 0.6) is 0 Å². The molecule has 2 saturated heterocycles. The van der Waals surface area contributed by atoms with Crippen molar-refractivity contribution in [1.82, 2.24) is 34.1 Å². The molecule has 2 saturated carbocycles. The lowest BCUT2D eigenvalue weighted by atomic mass is 9.56. The van der Waals surface area contributed by atoms with Crippen molar-refractivity contribution in [3.63, 3.8) is 0 Å². The minimum atomic E-state index is -1.18. The maximum atomic E-state index is 13.4. The van der Waals surface area contributed by atoms with Crippen LogP contribution in [-0.4, -0.2) is 71.3 Å². The first kappa shape index (κ1) is 40.3. The molecule has 2 aliphatic carbocycles. The monoisotopic (exact) mass is 814 g/mol. The van der Waals surface area contributed by atoms with E-state index < -0.39 is 17.6 Å². The highest BCUT2D eigenvalue weighted by atomic mass is 16.3. The molecule has 316 valence electrons. The fourth-order valence-corrected chi connectivity index (χ4v) is 11.0. The van der Waals surface area contributed by atoms with Crippen LogP contribution in [0.2, 0.25) is 0 Å². The Kier molecular flexibility index (Phi) is 10.5. The Morgan fingerprint density at radius 2 is 1.73 bits per heavy atom. The van der Waals surface area contributed by atoms with E-state index in [0.717, 1.165) is 58.9 Å². The number of nitrogens with zero attached hydrogens (tertiary/aromatic N) is 6. The van der Waals surface area contributed by atoms with E-state index >= 15 is 0 Å². The number of imide groups is 1. The van der Waals surface area contributed by atoms with Gasteiger partial charge in [-0.2, -0.15) is 5.10 Å². The van der Waals surface area contributed by atoms with Crippen LogP contribution in [0, 0.1) is 24.2 Å². The Balaban J connectivity index is 0.756. The molecular weight excluding hydrogens is 757 g/mol. The third kappa shape index (κ3) is 7.82. The summed E-state index contributed by atoms with van der Waals surface area (Å²) in [6.45, 7) is 8.83. The van der Waals surface area contributed by atoms with Crippen molar-refractivity contribution < 1.29 is 19.5 Å². The van der Waals surface area contributed by atoms with E-state index in [2.05, 4.69) is 37.5 Å². The number of imidazole rings is 1. The van der Waals surface area contributed by atoms with E-state index in [1.54, 1.807) is 36.1 Å². The highest BCUT2D eigenvalue weighted by Gasteiger charge is 2.45. The van der Waals surface area contributed by atoms with Gasteiger partial charge in [-0.25, -0.2) is 9.78 Å². The first-order chi connectivity index (χ1) is 28.7. The van der Waals surface area contributed by atoms with Crippen molar-refractivity contribution >= 4 is 45.3 Å². The van der Waals surface area contributed by atoms with Gasteiger partial charge in [0.05, 0.1) is 28.2 Å². The summed E-state index contributed by atoms with van der Waals surface area (Å²) in [5, 5.41) is 22.4. The molecule has 1 atom stereocenters. The van der Waals surface area contributed by atoms with Crippen LogP contribution < -0.4 is 16.3 Å². The molecule has 4 fully saturated rings. The summed E-state index contributed by atoms with van der Waals surface area (Å²) in [4.78, 5) is 58.0. The number of nitrogens with one attached hydrogen (secondary N) is 2. The Labute approximate surface area is 350 Å². The van der Waals surface area contributed by atoms with Crippen LogP contribution >= 0.6 is 0 Å². The molecule has 9 rings (SSSR count). The Hall–Kier alpha value is -5.14. The number of pyridine rings is 1. The molecule has 4 aliphatic rings. The van der Waals surface area contributed by atoms with Gasteiger partial charge in [0.2, 0.25) is 11.8 Å². The SMILES string of the molecule is Cc1cccc(C(=O)Nc2cc3cn([C@H]4CC[C@H](CN5CCC6(CC5)CC(CCc5cccc7c5n(C)c(=O)n7C5CCC(=O)NC5=O)C6)CC4)nc3cc2C(C)(C)O)n1. The normalized spacial score (nSPS) is 22.6. The topological polar surface area (TPSA) is 156 Å². The molecule has 3 amide bonds. The molecule has 1 spiro atoms. The van der Waals surface area contributed by atoms with Gasteiger partial charge in [0.15, 0.2) is 0 Å². The van der Waals surface area contributed by atoms with Crippen LogP contribution in [0.15, 0.2) is 59.5 Å². The summed E-state index contributed by atoms with van der Waals surface area (Å²) < 4.78 is 5.37. The standard InChI is InChI=1S/C47H58N8O5/c1-29-7-5-9-36(48-29)43(57)49-38-23-33-28-54(51-37(33)24-35(38)46(2,3)60)34-15-12-30(13-16-34)27-53-21-19-47(20-22-53)25-31(26-47)11-14-32-8-6-10-39-42(32)52(4)45(59)55(39)40-17-18-41(56)50-44(40)58/h5-10,23-24,28,30-31,34,40,60H,11-22,25-27H2,1-4H3,(H,49,57)(H,50,56,58)/t30-,34-,40?. The van der Waals surface area contributed by atoms with E-state index in [-0.39, 0.29) is 23.9 Å². The van der Waals surface area contributed by atoms with Crippen LogP contribution in [0.3, 0.4) is 0 Å². The van der Waals surface area contributed by atoms with Crippen LogP contribution in [0.4, 0.5) is 5.69 Å². The number of carbonyl (C=O) groups excluding carboxylic acids is 3. The highest BCUT2D eigenvalue weighted by Crippen LogP contribution is 2.54. The number of benzene rings is 2. The predicted octanol–water partition coefficient (Wildman–Crippen LogP) is 6.71. The molecule has 13 nitrogen and oxygen atoms in total. The van der Waals surface area contributed by atoms with Gasteiger partial charge in [-0.1, -0.05) is 18.2 Å². The van der Waals surface area contributed by atoms with Crippen molar-refractivity contribution in [3.8, 4) is 0 Å². The summed E-state index contributed by atoms with van der Waals surface area (Å²) in [7, 11) is 1.79. The summed E-state index contributed by atoms with van der Waals surface area (Å²) in [5.74, 6) is 0.394. The second-order valence-electron chi connectivity index (χ2n) is 19.0. The van der Waals surface area contributed by atoms with Gasteiger partial charge in [-0.3, -0.25) is 33.5 Å². The number of aliphatic hydroxyl groups is 1. The number of anilines is 1. The van der Waals surface area contributed by atoms with Crippen LogP contribution in [-0.2, 0) is 28.7 Å². The first-order valence-electron chi connectivity index (χ1n) is 22.0. The van der Waals surface area contributed by atoms with Gasteiger partial charge < -0.3 is 15.3 Å². The second-order valence-corrected chi connectivity index (χ2v) is 19.0. The fraction of sp³-hybridized carbons (Fsp3) is 0.532. The van der Waals surface area contributed by atoms with E-state index in [9.17, 15) is 24.3 Å².